The largest absolute Gasteiger partial charge is 0.493 e. The third-order valence-electron chi connectivity index (χ3n) is 2.25. The van der Waals surface area contributed by atoms with Gasteiger partial charge in [0.25, 0.3) is 0 Å². The SMILES string of the molecule is COc1cc(C#N)ccc1Oc1nc(Cl)ncc1N. The Bertz CT molecular complexity index is 655. The van der Waals surface area contributed by atoms with Gasteiger partial charge in [0.2, 0.25) is 11.2 Å². The first-order valence-electron chi connectivity index (χ1n) is 5.18. The zero-order valence-electron chi connectivity index (χ0n) is 9.92. The van der Waals surface area contributed by atoms with E-state index in [2.05, 4.69) is 9.97 Å². The number of aromatic nitrogens is 2. The number of nitrogen functional groups attached to an aromatic ring is 1. The molecule has 0 bridgehead atoms. The average molecular weight is 277 g/mol. The van der Waals surface area contributed by atoms with E-state index in [-0.39, 0.29) is 16.9 Å². The Morgan fingerprint density at radius 2 is 2.16 bits per heavy atom. The first-order chi connectivity index (χ1) is 9.13. The fraction of sp³-hybridized carbons (Fsp3) is 0.0833. The molecule has 7 heteroatoms. The number of hydrogen-bond acceptors (Lipinski definition) is 6. The molecule has 1 aromatic carbocycles. The average Bonchev–Trinajstić information content (AvgIpc) is 2.43. The number of methoxy groups -OCH3 is 1. The van der Waals surface area contributed by atoms with Crippen molar-refractivity contribution < 1.29 is 9.47 Å². The number of benzene rings is 1. The summed E-state index contributed by atoms with van der Waals surface area (Å²) in [4.78, 5) is 7.60. The van der Waals surface area contributed by atoms with Gasteiger partial charge < -0.3 is 15.2 Å². The summed E-state index contributed by atoms with van der Waals surface area (Å²) in [6.07, 6.45) is 1.35. The van der Waals surface area contributed by atoms with Crippen molar-refractivity contribution in [1.82, 2.24) is 9.97 Å². The van der Waals surface area contributed by atoms with Crippen molar-refractivity contribution in [3.63, 3.8) is 0 Å². The summed E-state index contributed by atoms with van der Waals surface area (Å²) in [5.74, 6) is 0.902. The fourth-order valence-electron chi connectivity index (χ4n) is 1.36. The molecule has 0 fully saturated rings. The quantitative estimate of drug-likeness (QED) is 0.865. The molecule has 0 aliphatic heterocycles. The molecule has 0 atom stereocenters. The smallest absolute Gasteiger partial charge is 0.247 e. The summed E-state index contributed by atoms with van der Waals surface area (Å²) >= 11 is 5.67. The van der Waals surface area contributed by atoms with Gasteiger partial charge in [-0.2, -0.15) is 10.2 Å². The minimum Gasteiger partial charge on any atom is -0.493 e. The number of hydrogen-bond donors (Lipinski definition) is 1. The second-order valence-electron chi connectivity index (χ2n) is 3.48. The molecular formula is C12H9ClN4O2. The zero-order chi connectivity index (χ0) is 13.8. The van der Waals surface area contributed by atoms with Crippen LogP contribution in [0.15, 0.2) is 24.4 Å². The van der Waals surface area contributed by atoms with Gasteiger partial charge in [0.15, 0.2) is 11.5 Å². The molecule has 19 heavy (non-hydrogen) atoms. The molecule has 1 heterocycles. The Morgan fingerprint density at radius 3 is 2.84 bits per heavy atom. The summed E-state index contributed by atoms with van der Waals surface area (Å²) in [7, 11) is 1.47. The van der Waals surface area contributed by atoms with Gasteiger partial charge in [0.1, 0.15) is 5.69 Å². The Labute approximate surface area is 114 Å². The van der Waals surface area contributed by atoms with Crippen LogP contribution in [0.2, 0.25) is 5.28 Å². The van der Waals surface area contributed by atoms with Gasteiger partial charge in [0.05, 0.1) is 24.9 Å². The molecule has 0 saturated carbocycles. The van der Waals surface area contributed by atoms with Crippen LogP contribution in [0.3, 0.4) is 0 Å². The van der Waals surface area contributed by atoms with Crippen LogP contribution in [0.25, 0.3) is 0 Å². The first-order valence-corrected chi connectivity index (χ1v) is 5.56. The van der Waals surface area contributed by atoms with Crippen LogP contribution in [0.5, 0.6) is 17.4 Å². The van der Waals surface area contributed by atoms with E-state index in [4.69, 9.17) is 32.1 Å². The van der Waals surface area contributed by atoms with Gasteiger partial charge in [-0.1, -0.05) is 0 Å². The van der Waals surface area contributed by atoms with Crippen LogP contribution in [0.1, 0.15) is 5.56 Å². The standard InChI is InChI=1S/C12H9ClN4O2/c1-18-10-4-7(5-14)2-3-9(10)19-11-8(15)6-16-12(13)17-11/h2-4,6H,15H2,1H3. The molecule has 0 radical (unpaired) electrons. The molecule has 6 nitrogen and oxygen atoms in total. The number of anilines is 1. The summed E-state index contributed by atoms with van der Waals surface area (Å²) in [6, 6.07) is 6.74. The maximum atomic E-state index is 8.81. The number of halogens is 1. The van der Waals surface area contributed by atoms with Gasteiger partial charge >= 0.3 is 0 Å². The van der Waals surface area contributed by atoms with E-state index in [1.807, 2.05) is 6.07 Å². The molecule has 0 amide bonds. The van der Waals surface area contributed by atoms with Crippen molar-refractivity contribution in [2.24, 2.45) is 0 Å². The van der Waals surface area contributed by atoms with E-state index >= 15 is 0 Å². The summed E-state index contributed by atoms with van der Waals surface area (Å²) in [5, 5.41) is 8.84. The molecule has 96 valence electrons. The van der Waals surface area contributed by atoms with Crippen LogP contribution in [0.4, 0.5) is 5.69 Å². The van der Waals surface area contributed by atoms with E-state index in [1.165, 1.54) is 13.3 Å². The van der Waals surface area contributed by atoms with E-state index in [0.717, 1.165) is 0 Å². The van der Waals surface area contributed by atoms with Crippen molar-refractivity contribution in [3.8, 4) is 23.4 Å². The van der Waals surface area contributed by atoms with Crippen molar-refractivity contribution in [2.45, 2.75) is 0 Å². The van der Waals surface area contributed by atoms with Crippen LogP contribution in [-0.2, 0) is 0 Å². The Morgan fingerprint density at radius 1 is 1.37 bits per heavy atom. The maximum absolute atomic E-state index is 8.81. The van der Waals surface area contributed by atoms with Gasteiger partial charge in [-0.15, -0.1) is 0 Å². The molecule has 0 aliphatic rings. The molecular weight excluding hydrogens is 268 g/mol. The Balaban J connectivity index is 2.38. The predicted molar refractivity (Wildman–Crippen MR) is 69.2 cm³/mol. The lowest BCUT2D eigenvalue weighted by atomic mass is 10.2. The van der Waals surface area contributed by atoms with E-state index in [0.29, 0.717) is 17.1 Å². The minimum atomic E-state index is 0.0248. The summed E-state index contributed by atoms with van der Waals surface area (Å²) in [5.41, 5.74) is 6.39. The number of nitrogens with two attached hydrogens (primary N) is 1. The summed E-state index contributed by atoms with van der Waals surface area (Å²) < 4.78 is 10.7. The Kier molecular flexibility index (Phi) is 3.68. The molecule has 2 N–H and O–H groups in total. The summed E-state index contributed by atoms with van der Waals surface area (Å²) in [6.45, 7) is 0. The third-order valence-corrected chi connectivity index (χ3v) is 2.43. The third kappa shape index (κ3) is 2.84. The van der Waals surface area contributed by atoms with Crippen molar-refractivity contribution in [1.29, 1.82) is 5.26 Å². The molecule has 0 aliphatic carbocycles. The van der Waals surface area contributed by atoms with Gasteiger partial charge in [-0.3, -0.25) is 0 Å². The van der Waals surface area contributed by atoms with Gasteiger partial charge in [-0.25, -0.2) is 4.98 Å². The molecule has 2 aromatic rings. The van der Waals surface area contributed by atoms with Gasteiger partial charge in [0, 0.05) is 6.07 Å². The zero-order valence-corrected chi connectivity index (χ0v) is 10.7. The van der Waals surface area contributed by atoms with Crippen molar-refractivity contribution in [2.75, 3.05) is 12.8 Å². The lowest BCUT2D eigenvalue weighted by Crippen LogP contribution is -1.98. The lowest BCUT2D eigenvalue weighted by molar-refractivity contribution is 0.374. The number of nitriles is 1. The molecule has 1 aromatic heterocycles. The van der Waals surface area contributed by atoms with Crippen LogP contribution < -0.4 is 15.2 Å². The van der Waals surface area contributed by atoms with Crippen LogP contribution in [0, 0.1) is 11.3 Å². The Hall–Kier alpha value is -2.52. The van der Waals surface area contributed by atoms with Crippen molar-refractivity contribution in [3.05, 3.63) is 35.2 Å². The second kappa shape index (κ2) is 5.42. The lowest BCUT2D eigenvalue weighted by Gasteiger charge is -2.10. The number of nitrogens with zero attached hydrogens (tertiary/aromatic N) is 3. The maximum Gasteiger partial charge on any atom is 0.247 e. The van der Waals surface area contributed by atoms with E-state index < -0.39 is 0 Å². The second-order valence-corrected chi connectivity index (χ2v) is 3.82. The van der Waals surface area contributed by atoms with Gasteiger partial charge in [-0.05, 0) is 23.7 Å². The highest BCUT2D eigenvalue weighted by atomic mass is 35.5. The normalized spacial score (nSPS) is 9.74. The number of rotatable bonds is 3. The van der Waals surface area contributed by atoms with Crippen LogP contribution >= 0.6 is 11.6 Å². The predicted octanol–water partition coefficient (Wildman–Crippen LogP) is 2.38. The highest BCUT2D eigenvalue weighted by Gasteiger charge is 2.11. The van der Waals surface area contributed by atoms with Crippen LogP contribution in [-0.4, -0.2) is 17.1 Å². The number of ether oxygens (including phenoxy) is 2. The molecule has 0 saturated heterocycles. The monoisotopic (exact) mass is 276 g/mol. The highest BCUT2D eigenvalue weighted by Crippen LogP contribution is 2.33. The highest BCUT2D eigenvalue weighted by molar-refractivity contribution is 6.28. The minimum absolute atomic E-state index is 0.0248. The van der Waals surface area contributed by atoms with E-state index in [1.54, 1.807) is 18.2 Å². The first kappa shape index (κ1) is 12.9. The molecule has 2 rings (SSSR count). The van der Waals surface area contributed by atoms with E-state index in [9.17, 15) is 0 Å². The fourth-order valence-corrected chi connectivity index (χ4v) is 1.49. The molecule has 0 unspecified atom stereocenters. The molecule has 0 spiro atoms. The topological polar surface area (TPSA) is 94.0 Å². The van der Waals surface area contributed by atoms with Crippen molar-refractivity contribution >= 4 is 17.3 Å².